The van der Waals surface area contributed by atoms with Crippen LogP contribution in [-0.4, -0.2) is 44.1 Å². The monoisotopic (exact) mass is 592 g/mol. The maximum atomic E-state index is 12.9. The summed E-state index contributed by atoms with van der Waals surface area (Å²) in [5.74, 6) is -1.33. The quantitative estimate of drug-likeness (QED) is 0.169. The smallest absolute Gasteiger partial charge is 0.453 e. The molecule has 0 bridgehead atoms. The van der Waals surface area contributed by atoms with Gasteiger partial charge in [0.25, 0.3) is 0 Å². The summed E-state index contributed by atoms with van der Waals surface area (Å²) in [5.41, 5.74) is 2.72. The van der Waals surface area contributed by atoms with Crippen LogP contribution in [-0.2, 0) is 17.2 Å². The molecule has 9 heteroatoms. The lowest BCUT2D eigenvalue weighted by atomic mass is 9.56. The third-order valence-electron chi connectivity index (χ3n) is 9.89. The Morgan fingerprint density at radius 3 is 2.20 bits per heavy atom. The van der Waals surface area contributed by atoms with Gasteiger partial charge >= 0.3 is 12.1 Å². The van der Waals surface area contributed by atoms with Gasteiger partial charge < -0.3 is 10.2 Å². The normalized spacial score (nSPS) is 29.1. The molecule has 0 aromatic heterocycles. The molecular weight excluding hydrogens is 547 g/mol. The van der Waals surface area contributed by atoms with Gasteiger partial charge in [-0.05, 0) is 104 Å². The fraction of sp³-hybridized carbons (Fsp3) is 0.806. The molecule has 40 heavy (non-hydrogen) atoms. The van der Waals surface area contributed by atoms with E-state index in [1.165, 1.54) is 17.5 Å². The Kier molecular flexibility index (Phi) is 11.0. The van der Waals surface area contributed by atoms with Gasteiger partial charge in [-0.25, -0.2) is 0 Å². The molecule has 0 heterocycles. The van der Waals surface area contributed by atoms with Gasteiger partial charge in [-0.3, -0.25) is 4.21 Å². The number of alkyl halides is 5. The van der Waals surface area contributed by atoms with Crippen molar-refractivity contribution in [1.29, 1.82) is 0 Å². The van der Waals surface area contributed by atoms with Gasteiger partial charge in [0.15, 0.2) is 0 Å². The molecule has 2 N–H and O–H groups in total. The predicted molar refractivity (Wildman–Crippen MR) is 148 cm³/mol. The van der Waals surface area contributed by atoms with E-state index < -0.39 is 35.7 Å². The van der Waals surface area contributed by atoms with E-state index >= 15 is 0 Å². The lowest BCUT2D eigenvalue weighted by Crippen LogP contribution is -2.41. The Balaban J connectivity index is 1.13. The van der Waals surface area contributed by atoms with Crippen LogP contribution in [0.1, 0.15) is 107 Å². The molecule has 3 unspecified atom stereocenters. The van der Waals surface area contributed by atoms with Crippen molar-refractivity contribution in [2.45, 2.75) is 120 Å². The molecule has 1 aromatic carbocycles. The molecule has 7 atom stereocenters. The van der Waals surface area contributed by atoms with Gasteiger partial charge in [-0.15, -0.1) is 0 Å². The SMILES string of the molecule is O=S(CCCCCCCCCC1Cc2cc(O)ccc2[C@H]2CCC3[C@@H](CC[C@@H]3O)[C@H]12)CCCC(F)(F)C(F)(F)F. The highest BCUT2D eigenvalue weighted by atomic mass is 32.2. The topological polar surface area (TPSA) is 57.5 Å². The summed E-state index contributed by atoms with van der Waals surface area (Å²) in [6.45, 7) is 0. The summed E-state index contributed by atoms with van der Waals surface area (Å²) in [7, 11) is -1.35. The van der Waals surface area contributed by atoms with E-state index in [1.807, 2.05) is 12.1 Å². The molecule has 228 valence electrons. The third-order valence-corrected chi connectivity index (χ3v) is 11.4. The minimum Gasteiger partial charge on any atom is -0.508 e. The zero-order valence-electron chi connectivity index (χ0n) is 23.3. The second-order valence-electron chi connectivity index (χ2n) is 12.5. The van der Waals surface area contributed by atoms with Crippen LogP contribution < -0.4 is 0 Å². The van der Waals surface area contributed by atoms with Crippen molar-refractivity contribution in [1.82, 2.24) is 0 Å². The zero-order valence-corrected chi connectivity index (χ0v) is 24.1. The number of aromatic hydroxyl groups is 1. The average molecular weight is 593 g/mol. The van der Waals surface area contributed by atoms with Crippen molar-refractivity contribution in [2.75, 3.05) is 11.5 Å². The van der Waals surface area contributed by atoms with Crippen molar-refractivity contribution < 1.29 is 36.4 Å². The number of aliphatic hydroxyl groups is 1. The number of phenolic OH excluding ortho intramolecular Hbond substituents is 1. The van der Waals surface area contributed by atoms with Crippen LogP contribution in [0.4, 0.5) is 22.0 Å². The lowest BCUT2D eigenvalue weighted by molar-refractivity contribution is -0.284. The number of rotatable bonds is 14. The maximum absolute atomic E-state index is 12.9. The van der Waals surface area contributed by atoms with Crippen molar-refractivity contribution >= 4 is 10.8 Å². The summed E-state index contributed by atoms with van der Waals surface area (Å²) in [4.78, 5) is 0. The summed E-state index contributed by atoms with van der Waals surface area (Å²) < 4.78 is 74.4. The lowest BCUT2D eigenvalue weighted by Gasteiger charge is -2.49. The van der Waals surface area contributed by atoms with Crippen molar-refractivity contribution in [3.05, 3.63) is 29.3 Å². The first kappa shape index (κ1) is 31.7. The summed E-state index contributed by atoms with van der Waals surface area (Å²) in [5, 5.41) is 20.7. The number of benzene rings is 1. The van der Waals surface area contributed by atoms with Crippen LogP contribution in [0.5, 0.6) is 5.75 Å². The summed E-state index contributed by atoms with van der Waals surface area (Å²) >= 11 is 0. The van der Waals surface area contributed by atoms with Crippen LogP contribution >= 0.6 is 0 Å². The van der Waals surface area contributed by atoms with E-state index in [9.17, 15) is 36.4 Å². The molecule has 0 radical (unpaired) electrons. The Morgan fingerprint density at radius 1 is 0.825 bits per heavy atom. The number of hydrogen-bond acceptors (Lipinski definition) is 3. The molecule has 1 aromatic rings. The molecular formula is C31H45F5O3S. The molecule has 3 aliphatic carbocycles. The van der Waals surface area contributed by atoms with Crippen LogP contribution in [0.2, 0.25) is 0 Å². The highest BCUT2D eigenvalue weighted by Crippen LogP contribution is 2.57. The van der Waals surface area contributed by atoms with E-state index in [0.717, 1.165) is 70.6 Å². The Morgan fingerprint density at radius 2 is 1.48 bits per heavy atom. The van der Waals surface area contributed by atoms with Crippen molar-refractivity contribution in [3.8, 4) is 5.75 Å². The number of unbranched alkanes of at least 4 members (excludes halogenated alkanes) is 6. The van der Waals surface area contributed by atoms with Gasteiger partial charge in [0.05, 0.1) is 6.10 Å². The van der Waals surface area contributed by atoms with E-state index in [1.54, 1.807) is 0 Å². The van der Waals surface area contributed by atoms with Crippen LogP contribution in [0, 0.1) is 23.7 Å². The fourth-order valence-electron chi connectivity index (χ4n) is 7.96. The number of halogens is 5. The van der Waals surface area contributed by atoms with Crippen molar-refractivity contribution in [2.24, 2.45) is 23.7 Å². The predicted octanol–water partition coefficient (Wildman–Crippen LogP) is 8.29. The standard InChI is InChI=1S/C31H45F5O3S/c32-30(33,31(34,35)36)16-8-18-40(39)17-7-5-3-1-2-4-6-9-21-19-22-20-23(37)10-11-24(22)26-13-12-25-27(29(21)26)14-15-28(25)38/h10-11,20-21,25-29,37-38H,1-9,12-19H2/t21?,25?,26-,27-,28+,29-,40?/m1/s1. The van der Waals surface area contributed by atoms with Crippen molar-refractivity contribution in [3.63, 3.8) is 0 Å². The molecule has 0 saturated heterocycles. The number of hydrogen-bond donors (Lipinski definition) is 2. The van der Waals surface area contributed by atoms with E-state index in [0.29, 0.717) is 47.5 Å². The first-order chi connectivity index (χ1) is 19.0. The fourth-order valence-corrected chi connectivity index (χ4v) is 9.16. The third kappa shape index (κ3) is 7.78. The molecule has 4 rings (SSSR count). The number of fused-ring (bicyclic) bond motifs is 5. The van der Waals surface area contributed by atoms with Crippen LogP contribution in [0.3, 0.4) is 0 Å². The summed E-state index contributed by atoms with van der Waals surface area (Å²) in [6, 6.07) is 5.91. The van der Waals surface area contributed by atoms with Crippen LogP contribution in [0.25, 0.3) is 0 Å². The molecule has 3 nitrogen and oxygen atoms in total. The minimum atomic E-state index is -5.54. The largest absolute Gasteiger partial charge is 0.508 e. The van der Waals surface area contributed by atoms with Crippen LogP contribution in [0.15, 0.2) is 18.2 Å². The highest BCUT2D eigenvalue weighted by molar-refractivity contribution is 7.84. The number of aliphatic hydroxyl groups excluding tert-OH is 1. The highest BCUT2D eigenvalue weighted by Gasteiger charge is 2.56. The second kappa shape index (κ2) is 13.8. The van der Waals surface area contributed by atoms with Gasteiger partial charge in [0.1, 0.15) is 5.75 Å². The minimum absolute atomic E-state index is 0.112. The van der Waals surface area contributed by atoms with Gasteiger partial charge in [-0.1, -0.05) is 44.6 Å². The van der Waals surface area contributed by atoms with Gasteiger partial charge in [-0.2, -0.15) is 22.0 Å². The molecule has 3 aliphatic rings. The van der Waals surface area contributed by atoms with E-state index in [-0.39, 0.29) is 11.9 Å². The van der Waals surface area contributed by atoms with E-state index in [4.69, 9.17) is 0 Å². The van der Waals surface area contributed by atoms with Gasteiger partial charge in [0, 0.05) is 28.7 Å². The molecule has 2 fully saturated rings. The number of phenols is 1. The Labute approximate surface area is 237 Å². The first-order valence-electron chi connectivity index (χ1n) is 15.3. The zero-order chi connectivity index (χ0) is 28.9. The molecule has 0 aliphatic heterocycles. The second-order valence-corrected chi connectivity index (χ2v) is 14.2. The first-order valence-corrected chi connectivity index (χ1v) is 16.8. The summed E-state index contributed by atoms with van der Waals surface area (Å²) in [6.07, 6.45) is 6.18. The molecule has 0 amide bonds. The maximum Gasteiger partial charge on any atom is 0.453 e. The van der Waals surface area contributed by atoms with Gasteiger partial charge in [0.2, 0.25) is 0 Å². The van der Waals surface area contributed by atoms with E-state index in [2.05, 4.69) is 6.07 Å². The Bertz CT molecular complexity index is 984. The molecule has 0 spiro atoms. The average Bonchev–Trinajstić information content (AvgIpc) is 3.27. The molecule has 2 saturated carbocycles. The Hall–Kier alpha value is -1.22.